The number of benzene rings is 2. The third-order valence-electron chi connectivity index (χ3n) is 3.00. The molecule has 0 saturated carbocycles. The first-order chi connectivity index (χ1) is 11.2. The maximum Gasteiger partial charge on any atom is 0.232 e. The molecule has 2 aromatic rings. The van der Waals surface area contributed by atoms with E-state index in [0.717, 1.165) is 11.1 Å². The Morgan fingerprint density at radius 1 is 0.708 bits per heavy atom. The van der Waals surface area contributed by atoms with Crippen LogP contribution in [0.25, 0.3) is 0 Å². The Morgan fingerprint density at radius 3 is 1.42 bits per heavy atom. The minimum atomic E-state index is -3.35. The van der Waals surface area contributed by atoms with Crippen molar-refractivity contribution in [2.45, 2.75) is 12.8 Å². The zero-order chi connectivity index (χ0) is 18.1. The van der Waals surface area contributed by atoms with Crippen molar-refractivity contribution in [3.05, 3.63) is 71.8 Å². The Labute approximate surface area is 147 Å². The Hall–Kier alpha value is -1.41. The van der Waals surface area contributed by atoms with E-state index in [-0.39, 0.29) is 11.5 Å². The molecule has 0 heterocycles. The van der Waals surface area contributed by atoms with E-state index in [0.29, 0.717) is 12.8 Å². The maximum atomic E-state index is 10.6. The fraction of sp³-hybridized carbons (Fsp3) is 0.250. The van der Waals surface area contributed by atoms with Gasteiger partial charge in [0.05, 0.1) is 11.5 Å². The van der Waals surface area contributed by atoms with E-state index in [4.69, 9.17) is 15.8 Å². The number of rotatable bonds is 6. The van der Waals surface area contributed by atoms with E-state index >= 15 is 0 Å². The molecule has 0 amide bonds. The highest BCUT2D eigenvalue weighted by Gasteiger charge is 2.04. The molecule has 0 aliphatic heterocycles. The molecule has 0 aromatic heterocycles. The van der Waals surface area contributed by atoms with Gasteiger partial charge in [0.1, 0.15) is 0 Å². The Kier molecular flexibility index (Phi) is 8.41. The fourth-order valence-corrected chi connectivity index (χ4v) is 3.02. The van der Waals surface area contributed by atoms with Crippen LogP contribution in [-0.2, 0) is 31.9 Å². The van der Waals surface area contributed by atoms with Crippen molar-refractivity contribution < 1.29 is 16.8 Å². The molecule has 0 radical (unpaired) electrons. The molecule has 5 nitrogen and oxygen atoms in total. The van der Waals surface area contributed by atoms with Crippen molar-refractivity contribution in [2.75, 3.05) is 11.5 Å². The van der Waals surface area contributed by atoms with Gasteiger partial charge in [0.2, 0.25) is 19.1 Å². The molecule has 132 valence electrons. The summed E-state index contributed by atoms with van der Waals surface area (Å²) in [5.74, 6) is 0.00951. The predicted octanol–water partition coefficient (Wildman–Crippen LogP) is 2.32. The van der Waals surface area contributed by atoms with E-state index in [1.807, 2.05) is 60.7 Å². The van der Waals surface area contributed by atoms with Gasteiger partial charge in [-0.15, -0.1) is 0 Å². The summed E-state index contributed by atoms with van der Waals surface area (Å²) in [5, 5.41) is 4.86. The van der Waals surface area contributed by atoms with Crippen molar-refractivity contribution in [3.63, 3.8) is 0 Å². The molecule has 2 N–H and O–H groups in total. The zero-order valence-electron chi connectivity index (χ0n) is 13.0. The number of primary sulfonamides is 1. The second kappa shape index (κ2) is 9.78. The van der Waals surface area contributed by atoms with Crippen LogP contribution in [0.5, 0.6) is 0 Å². The maximum absolute atomic E-state index is 10.6. The van der Waals surface area contributed by atoms with E-state index in [1.54, 1.807) is 0 Å². The van der Waals surface area contributed by atoms with E-state index in [2.05, 4.69) is 0 Å². The summed E-state index contributed by atoms with van der Waals surface area (Å²) >= 11 is 0. The molecule has 0 atom stereocenters. The molecule has 8 heteroatoms. The Morgan fingerprint density at radius 2 is 1.08 bits per heavy atom. The Balaban J connectivity index is 0.000000240. The van der Waals surface area contributed by atoms with Crippen LogP contribution in [-0.4, -0.2) is 28.3 Å². The van der Waals surface area contributed by atoms with Crippen LogP contribution >= 0.6 is 10.7 Å². The molecular weight excluding hydrogens is 370 g/mol. The lowest BCUT2D eigenvalue weighted by molar-refractivity contribution is 0.597. The third kappa shape index (κ3) is 11.2. The number of hydrogen-bond donors (Lipinski definition) is 1. The summed E-state index contributed by atoms with van der Waals surface area (Å²) in [7, 11) is -1.62. The fourth-order valence-electron chi connectivity index (χ4n) is 1.79. The summed E-state index contributed by atoms with van der Waals surface area (Å²) in [6.07, 6.45) is 0.965. The first kappa shape index (κ1) is 20.6. The quantitative estimate of drug-likeness (QED) is 0.767. The van der Waals surface area contributed by atoms with Gasteiger partial charge in [-0.1, -0.05) is 60.7 Å². The largest absolute Gasteiger partial charge is 0.232 e. The summed E-state index contributed by atoms with van der Waals surface area (Å²) in [6, 6.07) is 18.8. The van der Waals surface area contributed by atoms with Gasteiger partial charge < -0.3 is 0 Å². The number of hydrogen-bond acceptors (Lipinski definition) is 4. The molecule has 0 saturated heterocycles. The minimum Gasteiger partial charge on any atom is -0.229 e. The van der Waals surface area contributed by atoms with Gasteiger partial charge in [0.15, 0.2) is 0 Å². The Bertz CT molecular complexity index is 736. The summed E-state index contributed by atoms with van der Waals surface area (Å²) in [4.78, 5) is 0. The average Bonchev–Trinajstić information content (AvgIpc) is 2.52. The lowest BCUT2D eigenvalue weighted by Gasteiger charge is -1.98. The van der Waals surface area contributed by atoms with Crippen LogP contribution in [0.1, 0.15) is 11.1 Å². The van der Waals surface area contributed by atoms with Gasteiger partial charge in [-0.2, -0.15) is 0 Å². The molecule has 24 heavy (non-hydrogen) atoms. The predicted molar refractivity (Wildman–Crippen MR) is 97.9 cm³/mol. The van der Waals surface area contributed by atoms with Crippen molar-refractivity contribution in [2.24, 2.45) is 5.14 Å². The van der Waals surface area contributed by atoms with Crippen molar-refractivity contribution in [3.8, 4) is 0 Å². The zero-order valence-corrected chi connectivity index (χ0v) is 15.4. The molecule has 0 aliphatic rings. The van der Waals surface area contributed by atoms with Crippen LogP contribution in [0.4, 0.5) is 0 Å². The van der Waals surface area contributed by atoms with E-state index < -0.39 is 19.1 Å². The van der Waals surface area contributed by atoms with Gasteiger partial charge in [0.25, 0.3) is 0 Å². The first-order valence-corrected chi connectivity index (χ1v) is 11.4. The first-order valence-electron chi connectivity index (χ1n) is 7.16. The number of aryl methyl sites for hydroxylation is 2. The lowest BCUT2D eigenvalue weighted by atomic mass is 10.2. The highest BCUT2D eigenvalue weighted by Crippen LogP contribution is 2.04. The van der Waals surface area contributed by atoms with Gasteiger partial charge in [-0.3, -0.25) is 0 Å². The molecule has 0 fully saturated rings. The van der Waals surface area contributed by atoms with Gasteiger partial charge in [0, 0.05) is 10.7 Å². The topological polar surface area (TPSA) is 94.3 Å². The number of halogens is 1. The van der Waals surface area contributed by atoms with Crippen molar-refractivity contribution >= 4 is 29.8 Å². The molecule has 2 aromatic carbocycles. The van der Waals surface area contributed by atoms with Crippen LogP contribution in [0.2, 0.25) is 0 Å². The SMILES string of the molecule is NS(=O)(=O)CCc1ccccc1.O=S(=O)(Cl)CCc1ccccc1. The summed E-state index contributed by atoms with van der Waals surface area (Å²) < 4.78 is 42.3. The normalized spacial score (nSPS) is 11.4. The summed E-state index contributed by atoms with van der Waals surface area (Å²) in [6.45, 7) is 0. The van der Waals surface area contributed by atoms with Crippen LogP contribution in [0.3, 0.4) is 0 Å². The van der Waals surface area contributed by atoms with E-state index in [9.17, 15) is 16.8 Å². The highest BCUT2D eigenvalue weighted by atomic mass is 35.7. The van der Waals surface area contributed by atoms with Crippen LogP contribution < -0.4 is 5.14 Å². The molecule has 0 aliphatic carbocycles. The molecule has 0 spiro atoms. The lowest BCUT2D eigenvalue weighted by Crippen LogP contribution is -2.17. The second-order valence-corrected chi connectivity index (χ2v) is 9.71. The van der Waals surface area contributed by atoms with Gasteiger partial charge in [-0.05, 0) is 24.0 Å². The molecule has 0 unspecified atom stereocenters. The molecular formula is C16H20ClNO4S2. The molecule has 2 rings (SSSR count). The van der Waals surface area contributed by atoms with Crippen molar-refractivity contribution in [1.29, 1.82) is 0 Å². The van der Waals surface area contributed by atoms with Gasteiger partial charge in [-0.25, -0.2) is 22.0 Å². The van der Waals surface area contributed by atoms with Crippen molar-refractivity contribution in [1.82, 2.24) is 0 Å². The third-order valence-corrected chi connectivity index (χ3v) is 4.92. The molecule has 0 bridgehead atoms. The smallest absolute Gasteiger partial charge is 0.229 e. The standard InChI is InChI=1S/C8H9ClO2S.C8H11NO2S/c2*9-12(10,11)7-6-8-4-2-1-3-5-8/h1-5H,6-7H2;1-5H,6-7H2,(H2,9,10,11). The average molecular weight is 390 g/mol. The summed E-state index contributed by atoms with van der Waals surface area (Å²) in [5.41, 5.74) is 1.98. The second-order valence-electron chi connectivity index (χ2n) is 5.08. The highest BCUT2D eigenvalue weighted by molar-refractivity contribution is 8.13. The van der Waals surface area contributed by atoms with Crippen LogP contribution in [0, 0.1) is 0 Å². The van der Waals surface area contributed by atoms with Gasteiger partial charge >= 0.3 is 0 Å². The number of nitrogens with two attached hydrogens (primary N) is 1. The van der Waals surface area contributed by atoms with Crippen LogP contribution in [0.15, 0.2) is 60.7 Å². The minimum absolute atomic E-state index is 0.00142. The number of sulfonamides is 1. The van der Waals surface area contributed by atoms with E-state index in [1.165, 1.54) is 0 Å². The monoisotopic (exact) mass is 389 g/mol.